The van der Waals surface area contributed by atoms with E-state index in [0.717, 1.165) is 5.69 Å². The molecule has 16 heavy (non-hydrogen) atoms. The van der Waals surface area contributed by atoms with Crippen LogP contribution >= 0.6 is 0 Å². The zero-order chi connectivity index (χ0) is 11.5. The summed E-state index contributed by atoms with van der Waals surface area (Å²) in [7, 11) is 0. The normalized spacial score (nSPS) is 19.6. The van der Waals surface area contributed by atoms with E-state index in [0.29, 0.717) is 18.5 Å². The van der Waals surface area contributed by atoms with Gasteiger partial charge in [0.15, 0.2) is 0 Å². The van der Waals surface area contributed by atoms with Crippen LogP contribution in [0.1, 0.15) is 12.0 Å². The number of hydrogen-bond acceptors (Lipinski definition) is 2. The summed E-state index contributed by atoms with van der Waals surface area (Å²) in [6, 6.07) is 9.12. The quantitative estimate of drug-likeness (QED) is 0.704. The number of anilines is 1. The molecule has 0 N–H and O–H groups in total. The third-order valence-electron chi connectivity index (χ3n) is 2.80. The number of amides is 1. The Balaban J connectivity index is 2.22. The fourth-order valence-electron chi connectivity index (χ4n) is 1.86. The largest absolute Gasteiger partial charge is 0.312 e. The van der Waals surface area contributed by atoms with Crippen LogP contribution in [0.4, 0.5) is 5.69 Å². The molecule has 1 fully saturated rings. The molecule has 0 radical (unpaired) electrons. The molecule has 2 rings (SSSR count). The number of nitriles is 1. The van der Waals surface area contributed by atoms with Crippen LogP contribution in [0.2, 0.25) is 0 Å². The maximum Gasteiger partial charge on any atom is 0.227 e. The van der Waals surface area contributed by atoms with Crippen molar-refractivity contribution in [2.24, 2.45) is 5.92 Å². The molecule has 0 bridgehead atoms. The monoisotopic (exact) mass is 212 g/mol. The molecular weight excluding hydrogens is 200 g/mol. The minimum Gasteiger partial charge on any atom is -0.312 e. The third kappa shape index (κ3) is 1.82. The molecule has 1 aliphatic heterocycles. The van der Waals surface area contributed by atoms with Crippen molar-refractivity contribution in [2.75, 3.05) is 11.4 Å². The summed E-state index contributed by atoms with van der Waals surface area (Å²) in [6.45, 7) is 4.40. The molecular formula is C13H12N2O. The Morgan fingerprint density at radius 3 is 2.62 bits per heavy atom. The molecule has 1 unspecified atom stereocenters. The maximum atomic E-state index is 11.7. The van der Waals surface area contributed by atoms with Crippen LogP contribution in [-0.2, 0) is 4.79 Å². The van der Waals surface area contributed by atoms with Gasteiger partial charge in [0.25, 0.3) is 0 Å². The van der Waals surface area contributed by atoms with Crippen molar-refractivity contribution in [1.29, 1.82) is 5.26 Å². The molecule has 1 saturated heterocycles. The summed E-state index contributed by atoms with van der Waals surface area (Å²) in [5, 5.41) is 8.68. The van der Waals surface area contributed by atoms with Gasteiger partial charge in [-0.2, -0.15) is 5.26 Å². The number of carbonyl (C=O) groups is 1. The van der Waals surface area contributed by atoms with Crippen molar-refractivity contribution in [3.8, 4) is 6.07 Å². The highest BCUT2D eigenvalue weighted by molar-refractivity contribution is 5.95. The van der Waals surface area contributed by atoms with Crippen LogP contribution in [0.5, 0.6) is 0 Å². The number of benzene rings is 1. The fraction of sp³-hybridized carbons (Fsp3) is 0.231. The first-order valence-electron chi connectivity index (χ1n) is 5.17. The van der Waals surface area contributed by atoms with E-state index >= 15 is 0 Å². The van der Waals surface area contributed by atoms with Crippen LogP contribution in [0.3, 0.4) is 0 Å². The predicted molar refractivity (Wildman–Crippen MR) is 61.8 cm³/mol. The molecule has 1 amide bonds. The molecule has 0 aromatic heterocycles. The standard InChI is InChI=1S/C13H12N2O/c1-2-10-7-13(16)15(9-10)12-5-3-11(8-14)4-6-12/h2-6,10H,1,7,9H2. The lowest BCUT2D eigenvalue weighted by Gasteiger charge is -2.15. The number of nitrogens with zero attached hydrogens (tertiary/aromatic N) is 2. The highest BCUT2D eigenvalue weighted by Gasteiger charge is 2.28. The van der Waals surface area contributed by atoms with E-state index < -0.39 is 0 Å². The van der Waals surface area contributed by atoms with E-state index in [2.05, 4.69) is 12.6 Å². The highest BCUT2D eigenvalue weighted by Crippen LogP contribution is 2.25. The second-order valence-corrected chi connectivity index (χ2v) is 3.86. The summed E-state index contributed by atoms with van der Waals surface area (Å²) in [5.74, 6) is 0.359. The summed E-state index contributed by atoms with van der Waals surface area (Å²) in [6.07, 6.45) is 2.35. The average molecular weight is 212 g/mol. The van der Waals surface area contributed by atoms with Gasteiger partial charge in [0.05, 0.1) is 11.6 Å². The van der Waals surface area contributed by atoms with Crippen LogP contribution < -0.4 is 4.90 Å². The first-order chi connectivity index (χ1) is 7.74. The SMILES string of the molecule is C=CC1CC(=O)N(c2ccc(C#N)cc2)C1. The van der Waals surface area contributed by atoms with Crippen molar-refractivity contribution >= 4 is 11.6 Å². The van der Waals surface area contributed by atoms with Gasteiger partial charge in [0.2, 0.25) is 5.91 Å². The molecule has 1 aromatic rings. The lowest BCUT2D eigenvalue weighted by Crippen LogP contribution is -2.24. The number of hydrogen-bond donors (Lipinski definition) is 0. The maximum absolute atomic E-state index is 11.7. The van der Waals surface area contributed by atoms with E-state index in [9.17, 15) is 4.79 Å². The molecule has 80 valence electrons. The van der Waals surface area contributed by atoms with E-state index in [1.54, 1.807) is 17.0 Å². The fourth-order valence-corrected chi connectivity index (χ4v) is 1.86. The van der Waals surface area contributed by atoms with Gasteiger partial charge in [0.1, 0.15) is 0 Å². The first-order valence-corrected chi connectivity index (χ1v) is 5.17. The highest BCUT2D eigenvalue weighted by atomic mass is 16.2. The van der Waals surface area contributed by atoms with Crippen molar-refractivity contribution in [1.82, 2.24) is 0 Å². The first kappa shape index (κ1) is 10.4. The van der Waals surface area contributed by atoms with Gasteiger partial charge in [-0.25, -0.2) is 0 Å². The van der Waals surface area contributed by atoms with Crippen molar-refractivity contribution in [3.63, 3.8) is 0 Å². The summed E-state index contributed by atoms with van der Waals surface area (Å²) < 4.78 is 0. The van der Waals surface area contributed by atoms with E-state index in [1.165, 1.54) is 0 Å². The van der Waals surface area contributed by atoms with Gasteiger partial charge in [0, 0.05) is 24.6 Å². The molecule has 3 heteroatoms. The number of rotatable bonds is 2. The Hall–Kier alpha value is -2.08. The van der Waals surface area contributed by atoms with Gasteiger partial charge < -0.3 is 4.90 Å². The zero-order valence-electron chi connectivity index (χ0n) is 8.89. The Kier molecular flexibility index (Phi) is 2.74. The summed E-state index contributed by atoms with van der Waals surface area (Å²) in [4.78, 5) is 13.5. The molecule has 0 aliphatic carbocycles. The average Bonchev–Trinajstić information content (AvgIpc) is 2.71. The zero-order valence-corrected chi connectivity index (χ0v) is 8.89. The Labute approximate surface area is 94.6 Å². The molecule has 1 aromatic carbocycles. The summed E-state index contributed by atoms with van der Waals surface area (Å²) >= 11 is 0. The lowest BCUT2D eigenvalue weighted by atomic mass is 10.1. The second-order valence-electron chi connectivity index (χ2n) is 3.86. The topological polar surface area (TPSA) is 44.1 Å². The van der Waals surface area contributed by atoms with Crippen LogP contribution in [0.25, 0.3) is 0 Å². The minimum absolute atomic E-state index is 0.120. The van der Waals surface area contributed by atoms with E-state index in [1.807, 2.05) is 18.2 Å². The third-order valence-corrected chi connectivity index (χ3v) is 2.80. The van der Waals surface area contributed by atoms with Crippen LogP contribution in [0.15, 0.2) is 36.9 Å². The molecule has 1 heterocycles. The second kappa shape index (κ2) is 4.19. The van der Waals surface area contributed by atoms with Gasteiger partial charge in [-0.1, -0.05) is 6.08 Å². The minimum atomic E-state index is 0.120. The van der Waals surface area contributed by atoms with Crippen LogP contribution in [-0.4, -0.2) is 12.5 Å². The number of carbonyl (C=O) groups excluding carboxylic acids is 1. The smallest absolute Gasteiger partial charge is 0.227 e. The van der Waals surface area contributed by atoms with Crippen LogP contribution in [0, 0.1) is 17.2 Å². The Morgan fingerprint density at radius 1 is 1.44 bits per heavy atom. The lowest BCUT2D eigenvalue weighted by molar-refractivity contribution is -0.117. The van der Waals surface area contributed by atoms with Gasteiger partial charge in [-0.15, -0.1) is 6.58 Å². The Bertz CT molecular complexity index is 456. The van der Waals surface area contributed by atoms with Crippen molar-refractivity contribution in [3.05, 3.63) is 42.5 Å². The van der Waals surface area contributed by atoms with Crippen molar-refractivity contribution in [2.45, 2.75) is 6.42 Å². The van der Waals surface area contributed by atoms with Gasteiger partial charge >= 0.3 is 0 Å². The summed E-state index contributed by atoms with van der Waals surface area (Å²) in [5.41, 5.74) is 1.46. The molecule has 1 atom stereocenters. The van der Waals surface area contributed by atoms with Gasteiger partial charge in [-0.3, -0.25) is 4.79 Å². The molecule has 0 saturated carbocycles. The van der Waals surface area contributed by atoms with E-state index in [-0.39, 0.29) is 11.8 Å². The predicted octanol–water partition coefficient (Wildman–Crippen LogP) is 2.10. The van der Waals surface area contributed by atoms with Crippen molar-refractivity contribution < 1.29 is 4.79 Å². The molecule has 1 aliphatic rings. The Morgan fingerprint density at radius 2 is 2.12 bits per heavy atom. The van der Waals surface area contributed by atoms with Gasteiger partial charge in [-0.05, 0) is 24.3 Å². The molecule has 0 spiro atoms. The van der Waals surface area contributed by atoms with E-state index in [4.69, 9.17) is 5.26 Å². The molecule has 3 nitrogen and oxygen atoms in total.